The molecule has 2 heterocycles. The molecule has 2 rings (SSSR count). The second-order valence-corrected chi connectivity index (χ2v) is 5.36. The average molecular weight is 263 g/mol. The molecule has 2 aromatic rings. The summed E-state index contributed by atoms with van der Waals surface area (Å²) in [6, 6.07) is 0.443. The van der Waals surface area contributed by atoms with E-state index >= 15 is 0 Å². The summed E-state index contributed by atoms with van der Waals surface area (Å²) in [7, 11) is 2.06. The van der Waals surface area contributed by atoms with Crippen LogP contribution in [-0.4, -0.2) is 16.1 Å². The molecule has 1 atom stereocenters. The van der Waals surface area contributed by atoms with E-state index in [2.05, 4.69) is 46.5 Å². The zero-order valence-electron chi connectivity index (χ0n) is 11.3. The van der Waals surface area contributed by atoms with E-state index in [0.717, 1.165) is 25.2 Å². The molecule has 0 aliphatic heterocycles. The number of nitrogens with zero attached hydrogens (tertiary/aromatic N) is 2. The number of rotatable bonds is 6. The number of nitrogens with one attached hydrogen (secondary N) is 1. The summed E-state index contributed by atoms with van der Waals surface area (Å²) in [5.74, 6) is 1.16. The van der Waals surface area contributed by atoms with E-state index in [1.54, 1.807) is 11.3 Å². The van der Waals surface area contributed by atoms with Gasteiger partial charge in [0.25, 0.3) is 0 Å². The fourth-order valence-electron chi connectivity index (χ4n) is 2.25. The topological polar surface area (TPSA) is 29.9 Å². The minimum atomic E-state index is 0.443. The maximum atomic E-state index is 4.39. The Kier molecular flexibility index (Phi) is 4.55. The van der Waals surface area contributed by atoms with Gasteiger partial charge in [0.1, 0.15) is 5.82 Å². The normalized spacial score (nSPS) is 12.8. The highest BCUT2D eigenvalue weighted by atomic mass is 32.1. The van der Waals surface area contributed by atoms with E-state index < -0.39 is 0 Å². The van der Waals surface area contributed by atoms with Gasteiger partial charge in [0.05, 0.1) is 0 Å². The van der Waals surface area contributed by atoms with Crippen molar-refractivity contribution in [1.29, 1.82) is 0 Å². The lowest BCUT2D eigenvalue weighted by atomic mass is 10.0. The van der Waals surface area contributed by atoms with Crippen LogP contribution in [0.3, 0.4) is 0 Å². The standard InChI is InChI=1S/C14H21N3S/c1-4-15-13(12-10-18-9-11(12)2)5-6-14-16-7-8-17(14)3/h7-10,13,15H,4-6H2,1-3H3. The first-order valence-corrected chi connectivity index (χ1v) is 7.39. The van der Waals surface area contributed by atoms with Gasteiger partial charge in [-0.2, -0.15) is 11.3 Å². The molecule has 1 unspecified atom stereocenters. The second-order valence-electron chi connectivity index (χ2n) is 4.61. The van der Waals surface area contributed by atoms with Crippen LogP contribution in [0.25, 0.3) is 0 Å². The third-order valence-electron chi connectivity index (χ3n) is 3.30. The monoisotopic (exact) mass is 263 g/mol. The zero-order valence-corrected chi connectivity index (χ0v) is 12.1. The quantitative estimate of drug-likeness (QED) is 0.868. The number of thiophene rings is 1. The van der Waals surface area contributed by atoms with Gasteiger partial charge in [-0.1, -0.05) is 6.92 Å². The van der Waals surface area contributed by atoms with Crippen LogP contribution in [0.1, 0.15) is 36.3 Å². The molecule has 0 saturated carbocycles. The Balaban J connectivity index is 2.03. The number of aryl methyl sites for hydroxylation is 3. The van der Waals surface area contributed by atoms with Crippen molar-refractivity contribution in [2.75, 3.05) is 6.54 Å². The maximum Gasteiger partial charge on any atom is 0.108 e. The lowest BCUT2D eigenvalue weighted by Crippen LogP contribution is -2.22. The Hall–Kier alpha value is -1.13. The van der Waals surface area contributed by atoms with Gasteiger partial charge in [0, 0.05) is 31.9 Å². The van der Waals surface area contributed by atoms with Crippen LogP contribution in [0.2, 0.25) is 0 Å². The Morgan fingerprint density at radius 1 is 1.44 bits per heavy atom. The molecule has 0 fully saturated rings. The zero-order chi connectivity index (χ0) is 13.0. The van der Waals surface area contributed by atoms with Gasteiger partial charge in [0.2, 0.25) is 0 Å². The summed E-state index contributed by atoms with van der Waals surface area (Å²) in [6.07, 6.45) is 5.98. The molecule has 0 aliphatic rings. The second kappa shape index (κ2) is 6.16. The van der Waals surface area contributed by atoms with E-state index in [1.807, 2.05) is 12.4 Å². The van der Waals surface area contributed by atoms with Crippen molar-refractivity contribution in [2.45, 2.75) is 32.7 Å². The predicted molar refractivity (Wildman–Crippen MR) is 77.0 cm³/mol. The lowest BCUT2D eigenvalue weighted by molar-refractivity contribution is 0.505. The Morgan fingerprint density at radius 2 is 2.28 bits per heavy atom. The SMILES string of the molecule is CCNC(CCc1nccn1C)c1cscc1C. The van der Waals surface area contributed by atoms with Crippen LogP contribution in [0.15, 0.2) is 23.2 Å². The van der Waals surface area contributed by atoms with Crippen molar-refractivity contribution in [3.05, 3.63) is 40.1 Å². The van der Waals surface area contributed by atoms with Crippen LogP contribution in [0.4, 0.5) is 0 Å². The highest BCUT2D eigenvalue weighted by Crippen LogP contribution is 2.25. The molecule has 4 heteroatoms. The van der Waals surface area contributed by atoms with Crippen molar-refractivity contribution < 1.29 is 0 Å². The van der Waals surface area contributed by atoms with Crippen LogP contribution < -0.4 is 5.32 Å². The number of hydrogen-bond donors (Lipinski definition) is 1. The van der Waals surface area contributed by atoms with Gasteiger partial charge in [-0.3, -0.25) is 0 Å². The van der Waals surface area contributed by atoms with Crippen molar-refractivity contribution in [2.24, 2.45) is 7.05 Å². The van der Waals surface area contributed by atoms with Gasteiger partial charge in [0.15, 0.2) is 0 Å². The summed E-state index contributed by atoms with van der Waals surface area (Å²) < 4.78 is 2.10. The summed E-state index contributed by atoms with van der Waals surface area (Å²) in [5.41, 5.74) is 2.84. The highest BCUT2D eigenvalue weighted by Gasteiger charge is 2.14. The summed E-state index contributed by atoms with van der Waals surface area (Å²) in [4.78, 5) is 4.39. The van der Waals surface area contributed by atoms with E-state index in [-0.39, 0.29) is 0 Å². The first kappa shape index (κ1) is 13.3. The van der Waals surface area contributed by atoms with Crippen LogP contribution >= 0.6 is 11.3 Å². The molecule has 0 saturated heterocycles. The van der Waals surface area contributed by atoms with Gasteiger partial charge < -0.3 is 9.88 Å². The smallest absolute Gasteiger partial charge is 0.108 e. The molecule has 3 nitrogen and oxygen atoms in total. The maximum absolute atomic E-state index is 4.39. The molecular formula is C14H21N3S. The fourth-order valence-corrected chi connectivity index (χ4v) is 3.16. The summed E-state index contributed by atoms with van der Waals surface area (Å²) in [6.45, 7) is 5.35. The van der Waals surface area contributed by atoms with Crippen molar-refractivity contribution in [3.8, 4) is 0 Å². The molecule has 2 aromatic heterocycles. The Labute approximate surface area is 113 Å². The van der Waals surface area contributed by atoms with Gasteiger partial charge in [-0.25, -0.2) is 4.98 Å². The Morgan fingerprint density at radius 3 is 2.83 bits per heavy atom. The molecule has 0 aromatic carbocycles. The number of imidazole rings is 1. The highest BCUT2D eigenvalue weighted by molar-refractivity contribution is 7.08. The molecule has 98 valence electrons. The predicted octanol–water partition coefficient (Wildman–Crippen LogP) is 3.07. The van der Waals surface area contributed by atoms with Crippen molar-refractivity contribution >= 4 is 11.3 Å². The molecule has 0 radical (unpaired) electrons. The first-order chi connectivity index (χ1) is 8.72. The van der Waals surface area contributed by atoms with E-state index in [4.69, 9.17) is 0 Å². The third-order valence-corrected chi connectivity index (χ3v) is 4.18. The van der Waals surface area contributed by atoms with Gasteiger partial charge >= 0.3 is 0 Å². The minimum Gasteiger partial charge on any atom is -0.338 e. The Bertz CT molecular complexity index is 487. The lowest BCUT2D eigenvalue weighted by Gasteiger charge is -2.18. The molecular weight excluding hydrogens is 242 g/mol. The van der Waals surface area contributed by atoms with Gasteiger partial charge in [-0.05, 0) is 41.8 Å². The minimum absolute atomic E-state index is 0.443. The average Bonchev–Trinajstić information content (AvgIpc) is 2.94. The van der Waals surface area contributed by atoms with Crippen LogP contribution in [0, 0.1) is 6.92 Å². The van der Waals surface area contributed by atoms with Crippen molar-refractivity contribution in [1.82, 2.24) is 14.9 Å². The summed E-state index contributed by atoms with van der Waals surface area (Å²) >= 11 is 1.79. The van der Waals surface area contributed by atoms with Gasteiger partial charge in [-0.15, -0.1) is 0 Å². The molecule has 0 bridgehead atoms. The molecule has 0 aliphatic carbocycles. The van der Waals surface area contributed by atoms with Crippen LogP contribution in [-0.2, 0) is 13.5 Å². The number of hydrogen-bond acceptors (Lipinski definition) is 3. The molecule has 18 heavy (non-hydrogen) atoms. The van der Waals surface area contributed by atoms with E-state index in [1.165, 1.54) is 11.1 Å². The number of aromatic nitrogens is 2. The molecule has 1 N–H and O–H groups in total. The first-order valence-electron chi connectivity index (χ1n) is 6.44. The van der Waals surface area contributed by atoms with E-state index in [0.29, 0.717) is 6.04 Å². The van der Waals surface area contributed by atoms with Crippen molar-refractivity contribution in [3.63, 3.8) is 0 Å². The molecule has 0 amide bonds. The molecule has 0 spiro atoms. The fraction of sp³-hybridized carbons (Fsp3) is 0.500. The van der Waals surface area contributed by atoms with Crippen LogP contribution in [0.5, 0.6) is 0 Å². The largest absolute Gasteiger partial charge is 0.338 e. The summed E-state index contributed by atoms with van der Waals surface area (Å²) in [5, 5.41) is 8.06. The third kappa shape index (κ3) is 3.00. The van der Waals surface area contributed by atoms with E-state index in [9.17, 15) is 0 Å².